The minimum atomic E-state index is -2.39. The number of rotatable bonds is 43. The van der Waals surface area contributed by atoms with Crippen LogP contribution < -0.4 is 25.6 Å². The van der Waals surface area contributed by atoms with Crippen LogP contribution in [-0.2, 0) is 89.3 Å². The number of carbonyl (C=O) groups excluding carboxylic acids is 7. The number of ketones is 3. The molecule has 0 bridgehead atoms. The highest BCUT2D eigenvalue weighted by Gasteiger charge is 2.80. The van der Waals surface area contributed by atoms with Gasteiger partial charge in [-0.05, 0) is 92.4 Å². The monoisotopic (exact) mass is 1510 g/mol. The predicted octanol–water partition coefficient (Wildman–Crippen LogP) is 9.33. The summed E-state index contributed by atoms with van der Waals surface area (Å²) in [5, 5.41) is 29.2. The largest absolute Gasteiger partial charge is 0.486 e. The van der Waals surface area contributed by atoms with Crippen molar-refractivity contribution >= 4 is 52.4 Å². The molecule has 28 heteroatoms. The van der Waals surface area contributed by atoms with Crippen molar-refractivity contribution in [1.29, 1.82) is 0 Å². The Morgan fingerprint density at radius 1 is 0.759 bits per heavy atom. The number of carbonyl (C=O) groups is 7. The molecule has 4 aliphatic carbocycles. The zero-order valence-electron chi connectivity index (χ0n) is 63.1. The van der Waals surface area contributed by atoms with Gasteiger partial charge < -0.3 is 73.3 Å². The fourth-order valence-electron chi connectivity index (χ4n) is 16.2. The number of allylic oxidation sites excluding steroid dienone is 4. The van der Waals surface area contributed by atoms with Gasteiger partial charge in [0.2, 0.25) is 29.4 Å². The van der Waals surface area contributed by atoms with Crippen LogP contribution >= 0.6 is 0 Å². The van der Waals surface area contributed by atoms with E-state index in [4.69, 9.17) is 47.4 Å². The summed E-state index contributed by atoms with van der Waals surface area (Å²) in [6.07, 6.45) is 1.02. The Bertz CT molecular complexity index is 3840. The number of benzene rings is 3. The molecule has 4 amide bonds. The number of aliphatic hydroxyl groups excluding tert-OH is 1. The molecular weight excluding hydrogens is 1400 g/mol. The number of hydrogen-bond donors (Lipinski definition) is 4. The van der Waals surface area contributed by atoms with E-state index in [0.717, 1.165) is 54.0 Å². The number of fused-ring (bicyclic) bond motifs is 12. The van der Waals surface area contributed by atoms with Crippen molar-refractivity contribution in [3.05, 3.63) is 102 Å². The summed E-state index contributed by atoms with van der Waals surface area (Å²) in [4.78, 5) is 95.9. The maximum atomic E-state index is 18.0. The second kappa shape index (κ2) is 38.3. The van der Waals surface area contributed by atoms with Gasteiger partial charge in [-0.15, -0.1) is 5.10 Å². The smallest absolute Gasteiger partial charge is 0.227 e. The van der Waals surface area contributed by atoms with Gasteiger partial charge >= 0.3 is 0 Å². The molecule has 0 radical (unpaired) electrons. The second-order valence-corrected chi connectivity index (χ2v) is 29.4. The van der Waals surface area contributed by atoms with Gasteiger partial charge in [0.25, 0.3) is 0 Å². The maximum absolute atomic E-state index is 18.0. The molecule has 10 rings (SSSR count). The lowest BCUT2D eigenvalue weighted by Crippen LogP contribution is -2.71. The first kappa shape index (κ1) is 82.8. The number of nitrogens with one attached hydrogen (secondary N) is 3. The number of Topliss-reactive ketones (excluding diaryl/α,β-unsaturated/α-hetero) is 2. The summed E-state index contributed by atoms with van der Waals surface area (Å²) in [7, 11) is 0. The Morgan fingerprint density at radius 2 is 1.42 bits per heavy atom. The van der Waals surface area contributed by atoms with Gasteiger partial charge in [0.05, 0.1) is 134 Å². The first-order valence-electron chi connectivity index (χ1n) is 38.1. The predicted molar refractivity (Wildman–Crippen MR) is 392 cm³/mol. The number of ether oxygens (including phenoxy) is 10. The van der Waals surface area contributed by atoms with Crippen molar-refractivity contribution in [2.24, 2.45) is 34.5 Å². The number of aliphatic hydroxyl groups is 1. The first-order valence-corrected chi connectivity index (χ1v) is 38.1. The van der Waals surface area contributed by atoms with Gasteiger partial charge in [-0.2, -0.15) is 0 Å². The zero-order chi connectivity index (χ0) is 77.2. The van der Waals surface area contributed by atoms with E-state index in [0.29, 0.717) is 63.8 Å². The minimum Gasteiger partial charge on any atom is -0.486 e. The topological polar surface area (TPSA) is 302 Å². The van der Waals surface area contributed by atoms with Crippen LogP contribution in [-0.4, -0.2) is 209 Å². The average molecular weight is 1510 g/mol. The third-order valence-corrected chi connectivity index (χ3v) is 21.9. The number of halogens is 3. The number of nitrogens with zero attached hydrogens (tertiary/aromatic N) is 4. The Balaban J connectivity index is 0.571. The van der Waals surface area contributed by atoms with E-state index in [1.807, 2.05) is 60.1 Å². The first-order chi connectivity index (χ1) is 52.0. The van der Waals surface area contributed by atoms with Crippen LogP contribution in [0.5, 0.6) is 5.75 Å². The highest BCUT2D eigenvalue weighted by molar-refractivity contribution is 6.03. The quantitative estimate of drug-likeness (QED) is 0.0300. The number of unbranched alkanes of at least 4 members (excludes halogenated alkanes) is 1. The van der Waals surface area contributed by atoms with Gasteiger partial charge in [-0.25, -0.2) is 17.9 Å². The zero-order valence-corrected chi connectivity index (χ0v) is 63.1. The Morgan fingerprint density at radius 3 is 2.10 bits per heavy atom. The van der Waals surface area contributed by atoms with Gasteiger partial charge in [-0.3, -0.25) is 33.6 Å². The van der Waals surface area contributed by atoms with Crippen LogP contribution in [0, 0.1) is 40.3 Å². The summed E-state index contributed by atoms with van der Waals surface area (Å²) in [5.41, 5.74) is -2.56. The lowest BCUT2D eigenvalue weighted by atomic mass is 9.44. The van der Waals surface area contributed by atoms with Gasteiger partial charge in [-0.1, -0.05) is 108 Å². The fraction of sp³-hybridized carbons (Fsp3) is 0.613. The normalized spacial score (nSPS) is 25.1. The van der Waals surface area contributed by atoms with Crippen LogP contribution in [0.3, 0.4) is 0 Å². The van der Waals surface area contributed by atoms with Gasteiger partial charge in [0.1, 0.15) is 30.0 Å². The average Bonchev–Trinajstić information content (AvgIpc) is 1.44. The fourth-order valence-corrected chi connectivity index (χ4v) is 16.2. The molecule has 3 heterocycles. The third-order valence-electron chi connectivity index (χ3n) is 21.9. The highest BCUT2D eigenvalue weighted by Crippen LogP contribution is 2.72. The molecule has 4 fully saturated rings. The molecule has 4 N–H and O–H groups in total. The van der Waals surface area contributed by atoms with Crippen molar-refractivity contribution in [1.82, 2.24) is 25.6 Å². The molecule has 12 atom stereocenters. The van der Waals surface area contributed by atoms with E-state index < -0.39 is 112 Å². The summed E-state index contributed by atoms with van der Waals surface area (Å²) >= 11 is 0. The number of aromatic nitrogens is 3. The molecular formula is C80H106F3N7O18. The Labute approximate surface area is 629 Å². The molecule has 4 aromatic rings. The standard InChI is InChI=1S/C80H106F3N7O18/c1-8-10-29-99-33-37-103-40-36-102-32-28-90-75-57-18-13-14-19-64(57)89(49-53-16-11-12-17-56(53)74(75)87-88-90)71(97)23-22-69(95)84-27-31-101-35-39-105-42-41-104-38-34-100-30-25-70(96)86-73(51(3)4)65(92)43-52(5)76(98)85-63-21-20-55(45-62(63)82)106-50-67(94)80-68(107-72(108-80)15-9-2)47-58-59-46-61(81)60-44-54(91)24-26-77(60,6)79(59,83)66(93)48-78(58,80)7/h11-14,16-21,24,26,44-45,51-52,58-59,61,66,68,72-73,93H,8-10,15,22-23,25,27-43,46-50H2,1-7H3,(H,84,95)(H,85,98)(H,86,96)/t52-,58+,59+,61+,66+,68-,72?,73+,77+,78+,79+,80-/m1/s1. The summed E-state index contributed by atoms with van der Waals surface area (Å²) in [6.45, 7) is 17.5. The summed E-state index contributed by atoms with van der Waals surface area (Å²) < 4.78 is 110. The van der Waals surface area contributed by atoms with Crippen LogP contribution in [0.1, 0.15) is 125 Å². The van der Waals surface area contributed by atoms with Crippen molar-refractivity contribution in [3.63, 3.8) is 0 Å². The molecule has 2 aliphatic heterocycles. The lowest BCUT2D eigenvalue weighted by molar-refractivity contribution is -0.234. The Kier molecular flexibility index (Phi) is 29.4. The molecule has 1 aromatic heterocycles. The molecule has 1 unspecified atom stereocenters. The SMILES string of the molecule is CCCCOCCOCCOCCn1nnc2c1-c1ccccc1N(C(=O)CCC(=O)NCCOCCOCCOCCOCCC(=O)N[C@H](C(=O)C[C@@H](C)C(=O)Nc1ccc(OCC(=O)[C@@]34OC(CCC)O[C@@H]3C[C@H]3[C@@H]5C[C@H](F)C6=CC(=O)C=C[C@]6(C)[C@@]5(F)[C@@H](O)C[C@@]34C)cc1F)C(C)C)Cc1ccccc1-2. The third kappa shape index (κ3) is 18.9. The van der Waals surface area contributed by atoms with E-state index in [9.17, 15) is 38.7 Å². The van der Waals surface area contributed by atoms with Gasteiger partial charge in [0, 0.05) is 78.7 Å². The molecule has 3 aromatic carbocycles. The van der Waals surface area contributed by atoms with Gasteiger partial charge in [0.15, 0.2) is 29.1 Å². The second-order valence-electron chi connectivity index (χ2n) is 29.4. The van der Waals surface area contributed by atoms with E-state index in [-0.39, 0.29) is 146 Å². The van der Waals surface area contributed by atoms with E-state index in [1.54, 1.807) is 25.7 Å². The number of alkyl halides is 2. The molecule has 3 saturated carbocycles. The highest BCUT2D eigenvalue weighted by atomic mass is 19.1. The van der Waals surface area contributed by atoms with Crippen molar-refractivity contribution in [3.8, 4) is 28.3 Å². The summed E-state index contributed by atoms with van der Waals surface area (Å²) in [6, 6.07) is 18.1. The molecule has 25 nitrogen and oxygen atoms in total. The van der Waals surface area contributed by atoms with Crippen molar-refractivity contribution < 1.29 is 99.2 Å². The molecule has 108 heavy (non-hydrogen) atoms. The molecule has 590 valence electrons. The lowest BCUT2D eigenvalue weighted by Gasteiger charge is -2.63. The van der Waals surface area contributed by atoms with Crippen LogP contribution in [0.2, 0.25) is 0 Å². The number of amides is 4. The molecule has 1 saturated heterocycles. The number of hydrogen-bond acceptors (Lipinski definition) is 20. The van der Waals surface area contributed by atoms with E-state index in [1.165, 1.54) is 38.1 Å². The molecule has 0 spiro atoms. The number of para-hydroxylation sites is 1. The van der Waals surface area contributed by atoms with Crippen molar-refractivity contribution in [2.75, 3.05) is 116 Å². The Hall–Kier alpha value is -7.64. The molecule has 6 aliphatic rings. The maximum Gasteiger partial charge on any atom is 0.227 e. The van der Waals surface area contributed by atoms with Crippen LogP contribution in [0.25, 0.3) is 22.5 Å². The van der Waals surface area contributed by atoms with E-state index in [2.05, 4.69) is 33.2 Å². The van der Waals surface area contributed by atoms with Crippen molar-refractivity contribution in [2.45, 2.75) is 174 Å². The summed E-state index contributed by atoms with van der Waals surface area (Å²) in [5.74, 6) is -7.05. The van der Waals surface area contributed by atoms with Crippen LogP contribution in [0.4, 0.5) is 24.5 Å². The van der Waals surface area contributed by atoms with E-state index >= 15 is 13.2 Å². The number of anilines is 2. The van der Waals surface area contributed by atoms with Crippen LogP contribution in [0.15, 0.2) is 90.5 Å². The minimum absolute atomic E-state index is 0.0172.